The molecule has 1 atom stereocenters. The Kier molecular flexibility index (Phi) is 5.29. The van der Waals surface area contributed by atoms with E-state index < -0.39 is 5.97 Å². The van der Waals surface area contributed by atoms with Gasteiger partial charge in [0.25, 0.3) is 0 Å². The number of aryl methyl sites for hydroxylation is 2. The molecule has 1 saturated heterocycles. The first-order chi connectivity index (χ1) is 14.0. The average Bonchev–Trinajstić information content (AvgIpc) is 3.31. The largest absolute Gasteiger partial charge is 0.478 e. The van der Waals surface area contributed by atoms with Crippen LogP contribution in [0.4, 0.5) is 0 Å². The van der Waals surface area contributed by atoms with E-state index in [0.717, 1.165) is 48.5 Å². The molecular weight excluding hydrogens is 368 g/mol. The van der Waals surface area contributed by atoms with E-state index in [4.69, 9.17) is 5.11 Å². The van der Waals surface area contributed by atoms with Gasteiger partial charge in [-0.1, -0.05) is 12.1 Å². The summed E-state index contributed by atoms with van der Waals surface area (Å²) in [6.07, 6.45) is 4.63. The fourth-order valence-corrected chi connectivity index (χ4v) is 4.01. The van der Waals surface area contributed by atoms with Crippen LogP contribution in [-0.2, 0) is 24.7 Å². The highest BCUT2D eigenvalue weighted by atomic mass is 16.4. The van der Waals surface area contributed by atoms with Crippen molar-refractivity contribution >= 4 is 23.0 Å². The molecule has 1 aliphatic heterocycles. The number of nitrogens with zero attached hydrogens (tertiary/aromatic N) is 4. The first-order valence-corrected chi connectivity index (χ1v) is 9.87. The summed E-state index contributed by atoms with van der Waals surface area (Å²) in [6.45, 7) is 1.53. The van der Waals surface area contributed by atoms with Crippen molar-refractivity contribution < 1.29 is 14.7 Å². The molecule has 0 spiro atoms. The van der Waals surface area contributed by atoms with Crippen LogP contribution in [0.3, 0.4) is 0 Å². The highest BCUT2D eigenvalue weighted by Crippen LogP contribution is 2.22. The van der Waals surface area contributed by atoms with Crippen LogP contribution < -0.4 is 0 Å². The molecule has 3 heterocycles. The van der Waals surface area contributed by atoms with Crippen molar-refractivity contribution in [2.24, 2.45) is 13.0 Å². The van der Waals surface area contributed by atoms with E-state index in [9.17, 15) is 9.59 Å². The number of imidazole rings is 1. The molecule has 1 N–H and O–H groups in total. The van der Waals surface area contributed by atoms with Crippen LogP contribution in [0.5, 0.6) is 0 Å². The van der Waals surface area contributed by atoms with Crippen molar-refractivity contribution in [1.29, 1.82) is 0 Å². The van der Waals surface area contributed by atoms with Gasteiger partial charge >= 0.3 is 5.97 Å². The lowest BCUT2D eigenvalue weighted by Gasteiger charge is -2.16. The van der Waals surface area contributed by atoms with E-state index in [1.165, 1.54) is 0 Å². The van der Waals surface area contributed by atoms with Gasteiger partial charge in [-0.25, -0.2) is 14.8 Å². The Balaban J connectivity index is 1.31. The minimum atomic E-state index is -0.912. The molecule has 0 bridgehead atoms. The van der Waals surface area contributed by atoms with Gasteiger partial charge in [0.15, 0.2) is 5.65 Å². The number of fused-ring (bicyclic) bond motifs is 1. The SMILES string of the molecule is Cn1c(CCC(=O)N2CCC(Cc3ccc(C(=O)O)cc3)C2)nc2cccnc21. The number of pyridine rings is 1. The number of carboxylic acid groups (broad SMARTS) is 1. The molecule has 0 saturated carbocycles. The molecule has 2 aromatic heterocycles. The van der Waals surface area contributed by atoms with Gasteiger partial charge in [0, 0.05) is 39.2 Å². The Bertz CT molecular complexity index is 1040. The standard InChI is InChI=1S/C22H24N4O3/c1-25-19(24-18-3-2-11-23-21(18)25)8-9-20(27)26-12-10-16(14-26)13-15-4-6-17(7-5-15)22(28)29/h2-7,11,16H,8-10,12-14H2,1H3,(H,28,29). The molecule has 29 heavy (non-hydrogen) atoms. The van der Waals surface area contributed by atoms with Crippen molar-refractivity contribution in [1.82, 2.24) is 19.4 Å². The van der Waals surface area contributed by atoms with Gasteiger partial charge in [0.05, 0.1) is 5.56 Å². The summed E-state index contributed by atoms with van der Waals surface area (Å²) < 4.78 is 1.95. The lowest BCUT2D eigenvalue weighted by Crippen LogP contribution is -2.29. The van der Waals surface area contributed by atoms with Crippen LogP contribution in [0.15, 0.2) is 42.6 Å². The number of hydrogen-bond acceptors (Lipinski definition) is 4. The Morgan fingerprint density at radius 3 is 2.72 bits per heavy atom. The average molecular weight is 392 g/mol. The molecule has 0 aliphatic carbocycles. The lowest BCUT2D eigenvalue weighted by atomic mass is 9.98. The van der Waals surface area contributed by atoms with Crippen molar-refractivity contribution in [3.8, 4) is 0 Å². The number of rotatable bonds is 6. The van der Waals surface area contributed by atoms with Crippen molar-refractivity contribution in [3.63, 3.8) is 0 Å². The third-order valence-corrected chi connectivity index (χ3v) is 5.65. The van der Waals surface area contributed by atoms with E-state index in [1.807, 2.05) is 40.8 Å². The second-order valence-electron chi connectivity index (χ2n) is 7.63. The second-order valence-corrected chi connectivity index (χ2v) is 7.63. The number of likely N-dealkylation sites (tertiary alicyclic amines) is 1. The first kappa shape index (κ1) is 19.1. The molecule has 3 aromatic rings. The number of carbonyl (C=O) groups is 2. The predicted octanol–water partition coefficient (Wildman–Crippen LogP) is 2.69. The van der Waals surface area contributed by atoms with Gasteiger partial charge in [0.2, 0.25) is 5.91 Å². The van der Waals surface area contributed by atoms with E-state index in [-0.39, 0.29) is 5.91 Å². The van der Waals surface area contributed by atoms with Crippen LogP contribution >= 0.6 is 0 Å². The van der Waals surface area contributed by atoms with Crippen molar-refractivity contribution in [2.75, 3.05) is 13.1 Å². The maximum Gasteiger partial charge on any atom is 0.335 e. The molecular formula is C22H24N4O3. The molecule has 7 nitrogen and oxygen atoms in total. The Hall–Kier alpha value is -3.22. The zero-order valence-electron chi connectivity index (χ0n) is 16.4. The van der Waals surface area contributed by atoms with Crippen LogP contribution in [-0.4, -0.2) is 49.5 Å². The van der Waals surface area contributed by atoms with Crippen LogP contribution in [0, 0.1) is 5.92 Å². The van der Waals surface area contributed by atoms with E-state index >= 15 is 0 Å². The van der Waals surface area contributed by atoms with Gasteiger partial charge < -0.3 is 14.6 Å². The van der Waals surface area contributed by atoms with E-state index in [0.29, 0.717) is 24.3 Å². The maximum atomic E-state index is 12.7. The van der Waals surface area contributed by atoms with Gasteiger partial charge in [-0.2, -0.15) is 0 Å². The maximum absolute atomic E-state index is 12.7. The fraction of sp³-hybridized carbons (Fsp3) is 0.364. The molecule has 1 aromatic carbocycles. The second kappa shape index (κ2) is 8.03. The zero-order valence-corrected chi connectivity index (χ0v) is 16.4. The van der Waals surface area contributed by atoms with Gasteiger partial charge in [-0.3, -0.25) is 4.79 Å². The van der Waals surface area contributed by atoms with Crippen molar-refractivity contribution in [3.05, 3.63) is 59.5 Å². The highest BCUT2D eigenvalue weighted by Gasteiger charge is 2.26. The summed E-state index contributed by atoms with van der Waals surface area (Å²) in [5, 5.41) is 8.99. The molecule has 4 rings (SSSR count). The summed E-state index contributed by atoms with van der Waals surface area (Å²) in [6, 6.07) is 10.8. The summed E-state index contributed by atoms with van der Waals surface area (Å²) in [7, 11) is 1.93. The lowest BCUT2D eigenvalue weighted by molar-refractivity contribution is -0.130. The number of aromatic carboxylic acids is 1. The quantitative estimate of drug-likeness (QED) is 0.697. The van der Waals surface area contributed by atoms with Crippen LogP contribution in [0.1, 0.15) is 34.6 Å². The molecule has 1 amide bonds. The third kappa shape index (κ3) is 4.13. The molecule has 150 valence electrons. The minimum Gasteiger partial charge on any atom is -0.478 e. The molecule has 1 aliphatic rings. The predicted molar refractivity (Wildman–Crippen MR) is 109 cm³/mol. The van der Waals surface area contributed by atoms with Gasteiger partial charge in [-0.15, -0.1) is 0 Å². The monoisotopic (exact) mass is 392 g/mol. The highest BCUT2D eigenvalue weighted by molar-refractivity contribution is 5.87. The van der Waals surface area contributed by atoms with Crippen LogP contribution in [0.2, 0.25) is 0 Å². The fourth-order valence-electron chi connectivity index (χ4n) is 4.01. The number of amides is 1. The van der Waals surface area contributed by atoms with E-state index in [2.05, 4.69) is 9.97 Å². The molecule has 1 fully saturated rings. The molecule has 7 heteroatoms. The number of benzene rings is 1. The van der Waals surface area contributed by atoms with Gasteiger partial charge in [0.1, 0.15) is 11.3 Å². The number of carbonyl (C=O) groups excluding carboxylic acids is 1. The normalized spacial score (nSPS) is 16.4. The summed E-state index contributed by atoms with van der Waals surface area (Å²) >= 11 is 0. The molecule has 0 radical (unpaired) electrons. The zero-order chi connectivity index (χ0) is 20.4. The number of hydrogen-bond donors (Lipinski definition) is 1. The smallest absolute Gasteiger partial charge is 0.335 e. The Morgan fingerprint density at radius 2 is 2.00 bits per heavy atom. The third-order valence-electron chi connectivity index (χ3n) is 5.65. The Labute approximate surface area is 169 Å². The van der Waals surface area contributed by atoms with E-state index in [1.54, 1.807) is 18.3 Å². The van der Waals surface area contributed by atoms with Gasteiger partial charge in [-0.05, 0) is 48.6 Å². The summed E-state index contributed by atoms with van der Waals surface area (Å²) in [5.74, 6) is 0.537. The number of carboxylic acids is 1. The molecule has 1 unspecified atom stereocenters. The summed E-state index contributed by atoms with van der Waals surface area (Å²) in [5.41, 5.74) is 3.10. The van der Waals surface area contributed by atoms with Crippen molar-refractivity contribution in [2.45, 2.75) is 25.7 Å². The number of aromatic nitrogens is 3. The first-order valence-electron chi connectivity index (χ1n) is 9.87. The van der Waals surface area contributed by atoms with Crippen LogP contribution in [0.25, 0.3) is 11.2 Å². The topological polar surface area (TPSA) is 88.3 Å². The Morgan fingerprint density at radius 1 is 1.21 bits per heavy atom. The minimum absolute atomic E-state index is 0.161. The summed E-state index contributed by atoms with van der Waals surface area (Å²) in [4.78, 5) is 34.5.